The van der Waals surface area contributed by atoms with Crippen LogP contribution in [0.3, 0.4) is 0 Å². The standard InChI is InChI=1S/C12H13FN4S.HI/c1-8-16-9(7-18-8)6-15-12(14)17-11-5-3-2-4-10(11)13;/h2-5,7H,6H2,1H3,(H3,14,15,17);1H. The van der Waals surface area contributed by atoms with Crippen LogP contribution in [0.1, 0.15) is 10.7 Å². The van der Waals surface area contributed by atoms with Crippen LogP contribution in [0.25, 0.3) is 0 Å². The van der Waals surface area contributed by atoms with Gasteiger partial charge in [0.15, 0.2) is 5.96 Å². The molecular weight excluding hydrogens is 378 g/mol. The molecule has 0 radical (unpaired) electrons. The average molecular weight is 392 g/mol. The smallest absolute Gasteiger partial charge is 0.193 e. The van der Waals surface area contributed by atoms with Crippen molar-refractivity contribution < 1.29 is 4.39 Å². The van der Waals surface area contributed by atoms with Crippen LogP contribution >= 0.6 is 35.3 Å². The lowest BCUT2D eigenvalue weighted by molar-refractivity contribution is 0.632. The van der Waals surface area contributed by atoms with Crippen molar-refractivity contribution >= 4 is 47.0 Å². The summed E-state index contributed by atoms with van der Waals surface area (Å²) in [6.45, 7) is 2.32. The van der Waals surface area contributed by atoms with Crippen LogP contribution in [0, 0.1) is 12.7 Å². The van der Waals surface area contributed by atoms with Gasteiger partial charge in [-0.05, 0) is 19.1 Å². The molecule has 1 heterocycles. The number of hydrogen-bond donors (Lipinski definition) is 2. The predicted molar refractivity (Wildman–Crippen MR) is 87.6 cm³/mol. The van der Waals surface area contributed by atoms with Gasteiger partial charge in [-0.2, -0.15) is 0 Å². The van der Waals surface area contributed by atoms with Gasteiger partial charge < -0.3 is 11.1 Å². The normalized spacial score (nSPS) is 10.9. The van der Waals surface area contributed by atoms with Gasteiger partial charge in [-0.1, -0.05) is 12.1 Å². The molecule has 0 aliphatic rings. The van der Waals surface area contributed by atoms with Gasteiger partial charge in [-0.3, -0.25) is 0 Å². The number of hydrogen-bond acceptors (Lipinski definition) is 3. The number of halogens is 2. The Bertz CT molecular complexity index is 570. The molecule has 0 aliphatic carbocycles. The van der Waals surface area contributed by atoms with E-state index < -0.39 is 0 Å². The lowest BCUT2D eigenvalue weighted by Crippen LogP contribution is -2.23. The molecule has 7 heteroatoms. The topological polar surface area (TPSA) is 63.3 Å². The first kappa shape index (κ1) is 15.8. The molecule has 0 unspecified atom stereocenters. The molecule has 0 amide bonds. The lowest BCUT2D eigenvalue weighted by Gasteiger charge is -2.05. The molecule has 0 saturated carbocycles. The number of rotatable bonds is 3. The minimum Gasteiger partial charge on any atom is -0.370 e. The highest BCUT2D eigenvalue weighted by atomic mass is 127. The van der Waals surface area contributed by atoms with Crippen LogP contribution in [-0.4, -0.2) is 10.9 Å². The van der Waals surface area contributed by atoms with Gasteiger partial charge in [0.05, 0.1) is 22.9 Å². The first-order valence-corrected chi connectivity index (χ1v) is 6.25. The summed E-state index contributed by atoms with van der Waals surface area (Å²) in [5, 5.41) is 5.63. The third kappa shape index (κ3) is 4.75. The molecule has 3 N–H and O–H groups in total. The summed E-state index contributed by atoms with van der Waals surface area (Å²) < 4.78 is 13.3. The van der Waals surface area contributed by atoms with E-state index in [0.29, 0.717) is 12.2 Å². The second kappa shape index (κ2) is 7.39. The third-order valence-electron chi connectivity index (χ3n) is 2.21. The summed E-state index contributed by atoms with van der Waals surface area (Å²) in [6.07, 6.45) is 0. The quantitative estimate of drug-likeness (QED) is 0.479. The fourth-order valence-electron chi connectivity index (χ4n) is 1.39. The number of nitrogens with two attached hydrogens (primary N) is 1. The van der Waals surface area contributed by atoms with E-state index in [1.165, 1.54) is 6.07 Å². The number of aryl methyl sites for hydroxylation is 1. The average Bonchev–Trinajstić information content (AvgIpc) is 2.76. The number of nitrogens with one attached hydrogen (secondary N) is 1. The van der Waals surface area contributed by atoms with Crippen LogP contribution in [0.5, 0.6) is 0 Å². The van der Waals surface area contributed by atoms with Gasteiger partial charge in [-0.15, -0.1) is 35.3 Å². The molecule has 1 aromatic heterocycles. The van der Waals surface area contributed by atoms with E-state index in [1.807, 2.05) is 12.3 Å². The van der Waals surface area contributed by atoms with E-state index >= 15 is 0 Å². The van der Waals surface area contributed by atoms with Crippen molar-refractivity contribution in [2.24, 2.45) is 10.7 Å². The second-order valence-electron chi connectivity index (χ2n) is 3.66. The highest BCUT2D eigenvalue weighted by Gasteiger charge is 2.02. The summed E-state index contributed by atoms with van der Waals surface area (Å²) in [5.74, 6) is -0.189. The number of aliphatic imine (C=N–C) groups is 1. The van der Waals surface area contributed by atoms with Gasteiger partial charge in [0.2, 0.25) is 0 Å². The Morgan fingerprint density at radius 2 is 2.21 bits per heavy atom. The van der Waals surface area contributed by atoms with Crippen LogP contribution in [0.2, 0.25) is 0 Å². The Labute approximate surface area is 132 Å². The molecule has 2 rings (SSSR count). The van der Waals surface area contributed by atoms with Gasteiger partial charge in [-0.25, -0.2) is 14.4 Å². The molecule has 0 fully saturated rings. The Balaban J connectivity index is 0.00000180. The van der Waals surface area contributed by atoms with Crippen molar-refractivity contribution in [1.29, 1.82) is 0 Å². The van der Waals surface area contributed by atoms with Crippen molar-refractivity contribution in [3.63, 3.8) is 0 Å². The van der Waals surface area contributed by atoms with Gasteiger partial charge >= 0.3 is 0 Å². The largest absolute Gasteiger partial charge is 0.370 e. The first-order valence-electron chi connectivity index (χ1n) is 5.37. The van der Waals surface area contributed by atoms with E-state index in [1.54, 1.807) is 29.5 Å². The van der Waals surface area contributed by atoms with Gasteiger partial charge in [0.25, 0.3) is 0 Å². The van der Waals surface area contributed by atoms with Crippen molar-refractivity contribution in [3.8, 4) is 0 Å². The summed E-state index contributed by atoms with van der Waals surface area (Å²) in [6, 6.07) is 6.30. The fourth-order valence-corrected chi connectivity index (χ4v) is 1.99. The van der Waals surface area contributed by atoms with Crippen molar-refractivity contribution in [2.45, 2.75) is 13.5 Å². The molecule has 0 saturated heterocycles. The third-order valence-corrected chi connectivity index (χ3v) is 3.04. The maximum absolute atomic E-state index is 13.3. The molecule has 4 nitrogen and oxygen atoms in total. The lowest BCUT2D eigenvalue weighted by atomic mass is 10.3. The fraction of sp³-hybridized carbons (Fsp3) is 0.167. The molecule has 102 valence electrons. The number of guanidine groups is 1. The van der Waals surface area contributed by atoms with E-state index in [4.69, 9.17) is 5.73 Å². The second-order valence-corrected chi connectivity index (χ2v) is 4.73. The van der Waals surface area contributed by atoms with Crippen molar-refractivity contribution in [3.05, 3.63) is 46.2 Å². The Morgan fingerprint density at radius 3 is 2.84 bits per heavy atom. The molecule has 0 bridgehead atoms. The maximum Gasteiger partial charge on any atom is 0.193 e. The number of thiazole rings is 1. The Kier molecular flexibility index (Phi) is 6.16. The Hall–Kier alpha value is -1.22. The molecule has 0 atom stereocenters. The highest BCUT2D eigenvalue weighted by Crippen LogP contribution is 2.12. The minimum atomic E-state index is -0.361. The first-order chi connectivity index (χ1) is 8.65. The van der Waals surface area contributed by atoms with Crippen LogP contribution in [0.4, 0.5) is 10.1 Å². The summed E-state index contributed by atoms with van der Waals surface area (Å²) in [5.41, 5.74) is 6.85. The van der Waals surface area contributed by atoms with E-state index in [2.05, 4.69) is 15.3 Å². The highest BCUT2D eigenvalue weighted by molar-refractivity contribution is 14.0. The van der Waals surface area contributed by atoms with Crippen LogP contribution in [0.15, 0.2) is 34.6 Å². The van der Waals surface area contributed by atoms with E-state index in [-0.39, 0.29) is 35.8 Å². The molecule has 19 heavy (non-hydrogen) atoms. The number of aromatic nitrogens is 1. The minimum absolute atomic E-state index is 0. The molecule has 0 spiro atoms. The zero-order valence-corrected chi connectivity index (χ0v) is 13.4. The molecule has 0 aliphatic heterocycles. The predicted octanol–water partition coefficient (Wildman–Crippen LogP) is 3.14. The van der Waals surface area contributed by atoms with Gasteiger partial charge in [0, 0.05) is 5.38 Å². The number of benzene rings is 1. The number of para-hydroxylation sites is 1. The van der Waals surface area contributed by atoms with E-state index in [9.17, 15) is 4.39 Å². The van der Waals surface area contributed by atoms with Crippen LogP contribution in [-0.2, 0) is 6.54 Å². The number of anilines is 1. The monoisotopic (exact) mass is 392 g/mol. The van der Waals surface area contributed by atoms with Crippen LogP contribution < -0.4 is 11.1 Å². The zero-order valence-electron chi connectivity index (χ0n) is 10.3. The number of nitrogens with zero attached hydrogens (tertiary/aromatic N) is 2. The van der Waals surface area contributed by atoms with Crippen molar-refractivity contribution in [2.75, 3.05) is 5.32 Å². The molecule has 1 aromatic carbocycles. The Morgan fingerprint density at radius 1 is 1.47 bits per heavy atom. The maximum atomic E-state index is 13.3. The van der Waals surface area contributed by atoms with E-state index in [0.717, 1.165) is 10.7 Å². The zero-order chi connectivity index (χ0) is 13.0. The summed E-state index contributed by atoms with van der Waals surface area (Å²) >= 11 is 1.56. The summed E-state index contributed by atoms with van der Waals surface area (Å²) in [7, 11) is 0. The summed E-state index contributed by atoms with van der Waals surface area (Å²) in [4.78, 5) is 8.37. The molecular formula is C12H14FIN4S. The van der Waals surface area contributed by atoms with Gasteiger partial charge in [0.1, 0.15) is 5.82 Å². The molecule has 2 aromatic rings. The van der Waals surface area contributed by atoms with Crippen molar-refractivity contribution in [1.82, 2.24) is 4.98 Å². The SMILES string of the molecule is Cc1nc(CN=C(N)Nc2ccccc2F)cs1.I.